The van der Waals surface area contributed by atoms with E-state index in [4.69, 9.17) is 4.99 Å². The van der Waals surface area contributed by atoms with Crippen LogP contribution in [0.15, 0.2) is 58.7 Å². The number of hydrogen-bond donors (Lipinski definition) is 2. The molecule has 1 saturated heterocycles. The van der Waals surface area contributed by atoms with Crippen LogP contribution in [0.4, 0.5) is 11.4 Å². The van der Waals surface area contributed by atoms with E-state index in [1.54, 1.807) is 12.4 Å². The standard InChI is InChI=1S/C25H23IN3O2/c30-24-16-5-2-8-19(29-20-9-3-6-17-23(20)26-17)22(16)25(31)15-4-1-7-18(21(15)24)28-14-10-12-27-13-11-14/h1-2,4-5,7-8,10,12-13,17,20,23,25,29,31H,3,6,9,11H2/q-1. The van der Waals surface area contributed by atoms with Gasteiger partial charge in [-0.25, -0.2) is 0 Å². The van der Waals surface area contributed by atoms with Gasteiger partial charge in [-0.1, -0.05) is 0 Å². The Morgan fingerprint density at radius 2 is 2.06 bits per heavy atom. The number of fused-ring (bicyclic) bond motifs is 3. The Kier molecular flexibility index (Phi) is 4.79. The molecule has 0 aromatic heterocycles. The van der Waals surface area contributed by atoms with Crippen molar-refractivity contribution in [3.63, 3.8) is 0 Å². The third-order valence-electron chi connectivity index (χ3n) is 6.55. The Bertz CT molecular complexity index is 1170. The monoisotopic (exact) mass is 524 g/mol. The molecule has 5 nitrogen and oxygen atoms in total. The molecule has 31 heavy (non-hydrogen) atoms. The molecule has 1 saturated carbocycles. The topological polar surface area (TPSA) is 74.0 Å². The minimum absolute atomic E-state index is 0.0623. The number of ketones is 1. The number of carbonyl (C=O) groups is 1. The first kappa shape index (κ1) is 19.4. The molecule has 2 fully saturated rings. The van der Waals surface area contributed by atoms with Crippen LogP contribution < -0.4 is 26.5 Å². The summed E-state index contributed by atoms with van der Waals surface area (Å²) < 4.78 is 1.82. The molecule has 0 amide bonds. The number of carbonyl (C=O) groups excluding carboxylic acids is 1. The molecule has 0 radical (unpaired) electrons. The first-order valence-electron chi connectivity index (χ1n) is 10.8. The maximum absolute atomic E-state index is 13.6. The zero-order chi connectivity index (χ0) is 20.9. The van der Waals surface area contributed by atoms with Crippen LogP contribution in [0.3, 0.4) is 0 Å². The number of aliphatic imine (C=N–C) groups is 2. The number of nitrogens with zero attached hydrogens (tertiary/aromatic N) is 2. The summed E-state index contributed by atoms with van der Waals surface area (Å²) in [5.41, 5.74) is 4.82. The van der Waals surface area contributed by atoms with Gasteiger partial charge >= 0.3 is 175 Å². The number of aliphatic hydroxyl groups excluding tert-OH is 1. The first-order valence-corrected chi connectivity index (χ1v) is 13.3. The molecule has 2 heterocycles. The Hall–Kier alpha value is -2.32. The summed E-state index contributed by atoms with van der Waals surface area (Å²) in [4.78, 5) is 22.4. The summed E-state index contributed by atoms with van der Waals surface area (Å²) in [5, 5.41) is 15.1. The van der Waals surface area contributed by atoms with Crippen molar-refractivity contribution in [3.8, 4) is 0 Å². The number of allylic oxidation sites excluding steroid dienone is 1. The van der Waals surface area contributed by atoms with Gasteiger partial charge in [-0.05, 0) is 0 Å². The summed E-state index contributed by atoms with van der Waals surface area (Å²) in [7, 11) is 0. The predicted octanol–water partition coefficient (Wildman–Crippen LogP) is 1.18. The zero-order valence-corrected chi connectivity index (χ0v) is 19.1. The average molecular weight is 524 g/mol. The quantitative estimate of drug-likeness (QED) is 0.468. The van der Waals surface area contributed by atoms with Crippen molar-refractivity contribution in [2.45, 2.75) is 45.7 Å². The third kappa shape index (κ3) is 3.36. The van der Waals surface area contributed by atoms with Crippen LogP contribution in [-0.4, -0.2) is 36.7 Å². The van der Waals surface area contributed by atoms with Gasteiger partial charge in [0.1, 0.15) is 0 Å². The van der Waals surface area contributed by atoms with Crippen molar-refractivity contribution in [2.75, 3.05) is 5.32 Å². The van der Waals surface area contributed by atoms with Crippen molar-refractivity contribution in [1.82, 2.24) is 0 Å². The van der Waals surface area contributed by atoms with Gasteiger partial charge in [0, 0.05) is 12.4 Å². The fourth-order valence-electron chi connectivity index (χ4n) is 4.99. The van der Waals surface area contributed by atoms with Crippen LogP contribution >= 0.6 is 0 Å². The van der Waals surface area contributed by atoms with Crippen LogP contribution in [0.25, 0.3) is 0 Å². The number of anilines is 1. The van der Waals surface area contributed by atoms with E-state index in [0.29, 0.717) is 56.0 Å². The van der Waals surface area contributed by atoms with Gasteiger partial charge in [0.2, 0.25) is 0 Å². The van der Waals surface area contributed by atoms with E-state index in [1.807, 2.05) is 42.5 Å². The molecule has 2 aromatic rings. The number of aliphatic hydroxyl groups is 1. The van der Waals surface area contributed by atoms with E-state index < -0.39 is 6.10 Å². The predicted molar refractivity (Wildman–Crippen MR) is 119 cm³/mol. The third-order valence-corrected chi connectivity index (χ3v) is 10.6. The number of rotatable bonds is 3. The number of halogens is 1. The fraction of sp³-hybridized carbons (Fsp3) is 0.320. The van der Waals surface area contributed by atoms with E-state index >= 15 is 0 Å². The van der Waals surface area contributed by atoms with E-state index in [-0.39, 0.29) is 5.78 Å². The Labute approximate surface area is 191 Å². The number of hydrogen-bond acceptors (Lipinski definition) is 5. The maximum atomic E-state index is 13.6. The number of nitrogens with one attached hydrogen (secondary N) is 1. The Morgan fingerprint density at radius 3 is 2.94 bits per heavy atom. The molecular formula is C25H23IN3O2-. The van der Waals surface area contributed by atoms with Gasteiger partial charge in [-0.3, -0.25) is 4.99 Å². The van der Waals surface area contributed by atoms with Gasteiger partial charge in [-0.2, -0.15) is 0 Å². The molecular weight excluding hydrogens is 501 g/mol. The van der Waals surface area contributed by atoms with Crippen molar-refractivity contribution in [3.05, 3.63) is 70.9 Å². The van der Waals surface area contributed by atoms with Gasteiger partial charge in [0.25, 0.3) is 0 Å². The molecule has 4 unspecified atom stereocenters. The van der Waals surface area contributed by atoms with Crippen LogP contribution in [-0.2, 0) is 0 Å². The molecule has 4 aliphatic rings. The van der Waals surface area contributed by atoms with E-state index in [9.17, 15) is 9.90 Å². The Balaban J connectivity index is 1.40. The molecule has 2 N–H and O–H groups in total. The summed E-state index contributed by atoms with van der Waals surface area (Å²) in [6.45, 7) is 0. The van der Waals surface area contributed by atoms with Crippen LogP contribution in [0.5, 0.6) is 0 Å². The molecule has 4 atom stereocenters. The Morgan fingerprint density at radius 1 is 1.16 bits per heavy atom. The number of alkyl halides is 2. The van der Waals surface area contributed by atoms with Crippen LogP contribution in [0, 0.1) is 0 Å². The second kappa shape index (κ2) is 7.67. The summed E-state index contributed by atoms with van der Waals surface area (Å²) in [6, 6.07) is 11.8. The second-order valence-corrected chi connectivity index (χ2v) is 12.2. The molecule has 2 aliphatic carbocycles. The van der Waals surface area contributed by atoms with E-state index in [0.717, 1.165) is 24.8 Å². The SMILES string of the molecule is O=C1c2cccc(NC3CCCC4[I-]C34)c2C(O)c2cccc(N=C3C=CN=CC3)c21. The van der Waals surface area contributed by atoms with Crippen molar-refractivity contribution < 1.29 is 31.1 Å². The number of benzene rings is 2. The molecule has 2 aliphatic heterocycles. The van der Waals surface area contributed by atoms with Gasteiger partial charge in [0.15, 0.2) is 0 Å². The van der Waals surface area contributed by atoms with E-state index in [1.165, 1.54) is 19.3 Å². The summed E-state index contributed by atoms with van der Waals surface area (Å²) in [6.07, 6.45) is 9.01. The molecule has 6 heteroatoms. The summed E-state index contributed by atoms with van der Waals surface area (Å²) in [5.74, 6) is -0.0623. The van der Waals surface area contributed by atoms with Crippen molar-refractivity contribution >= 4 is 29.1 Å². The molecule has 0 bridgehead atoms. The summed E-state index contributed by atoms with van der Waals surface area (Å²) >= 11 is 0.322. The second-order valence-electron chi connectivity index (χ2n) is 8.46. The van der Waals surface area contributed by atoms with Crippen molar-refractivity contribution in [2.24, 2.45) is 9.98 Å². The first-order chi connectivity index (χ1) is 15.2. The van der Waals surface area contributed by atoms with Crippen LogP contribution in [0.2, 0.25) is 0 Å². The van der Waals surface area contributed by atoms with Gasteiger partial charge < -0.3 is 0 Å². The minimum atomic E-state index is -0.844. The van der Waals surface area contributed by atoms with E-state index in [2.05, 4.69) is 10.3 Å². The van der Waals surface area contributed by atoms with Gasteiger partial charge in [0.05, 0.1) is 0 Å². The average Bonchev–Trinajstić information content (AvgIpc) is 3.59. The van der Waals surface area contributed by atoms with Crippen molar-refractivity contribution in [1.29, 1.82) is 0 Å². The molecule has 0 spiro atoms. The molecule has 158 valence electrons. The normalized spacial score (nSPS) is 29.6. The van der Waals surface area contributed by atoms with Crippen LogP contribution in [0.1, 0.15) is 58.8 Å². The fourth-order valence-corrected chi connectivity index (χ4v) is 8.52. The van der Waals surface area contributed by atoms with Gasteiger partial charge in [-0.15, -0.1) is 0 Å². The molecule has 2 aromatic carbocycles. The zero-order valence-electron chi connectivity index (χ0n) is 17.0. The molecule has 6 rings (SSSR count).